The van der Waals surface area contributed by atoms with Crippen molar-refractivity contribution in [1.82, 2.24) is 14.5 Å². The van der Waals surface area contributed by atoms with Crippen LogP contribution in [0.2, 0.25) is 0 Å². The number of para-hydroxylation sites is 3. The quantitative estimate of drug-likeness (QED) is 0.220. The second-order valence-corrected chi connectivity index (χ2v) is 11.1. The third-order valence-corrected chi connectivity index (χ3v) is 8.50. The summed E-state index contributed by atoms with van der Waals surface area (Å²) in [6.07, 6.45) is 0. The highest BCUT2D eigenvalue weighted by Crippen LogP contribution is 2.37. The van der Waals surface area contributed by atoms with E-state index in [1.807, 2.05) is 12.1 Å². The molecule has 9 aromatic rings. The van der Waals surface area contributed by atoms with E-state index in [4.69, 9.17) is 9.97 Å². The van der Waals surface area contributed by atoms with Gasteiger partial charge in [-0.15, -0.1) is 0 Å². The minimum absolute atomic E-state index is 0.939. The SMILES string of the molecule is c1ccc2cc3c(cc2c1)c1ccccc1n3-c1cc(-c2ccc3ccccc3n2)cc(-c2ccc3ccccc3n2)c1. The van der Waals surface area contributed by atoms with E-state index in [0.29, 0.717) is 0 Å². The van der Waals surface area contributed by atoms with Crippen molar-refractivity contribution < 1.29 is 0 Å². The van der Waals surface area contributed by atoms with Crippen molar-refractivity contribution in [2.45, 2.75) is 0 Å². The average Bonchev–Trinajstić information content (AvgIpc) is 3.39. The highest BCUT2D eigenvalue weighted by Gasteiger charge is 2.16. The Labute approximate surface area is 248 Å². The van der Waals surface area contributed by atoms with Crippen LogP contribution in [-0.2, 0) is 0 Å². The van der Waals surface area contributed by atoms with Crippen LogP contribution >= 0.6 is 0 Å². The van der Waals surface area contributed by atoms with Gasteiger partial charge in [0.05, 0.1) is 33.5 Å². The van der Waals surface area contributed by atoms with E-state index in [1.165, 1.54) is 32.6 Å². The molecule has 0 bridgehead atoms. The number of hydrogen-bond donors (Lipinski definition) is 0. The van der Waals surface area contributed by atoms with E-state index in [2.05, 4.69) is 144 Å². The zero-order chi connectivity index (χ0) is 28.3. The molecule has 0 radical (unpaired) electrons. The van der Waals surface area contributed by atoms with Crippen LogP contribution in [0.5, 0.6) is 0 Å². The summed E-state index contributed by atoms with van der Waals surface area (Å²) in [5, 5.41) is 7.22. The fourth-order valence-corrected chi connectivity index (χ4v) is 6.42. The summed E-state index contributed by atoms with van der Waals surface area (Å²) in [5.74, 6) is 0. The van der Waals surface area contributed by atoms with Gasteiger partial charge in [-0.1, -0.05) is 91.0 Å². The Morgan fingerprint density at radius 3 is 1.56 bits per heavy atom. The van der Waals surface area contributed by atoms with Crippen LogP contribution in [0.1, 0.15) is 0 Å². The van der Waals surface area contributed by atoms with Gasteiger partial charge in [-0.05, 0) is 71.4 Å². The van der Waals surface area contributed by atoms with Crippen LogP contribution in [0.25, 0.3) is 82.6 Å². The molecule has 0 aliphatic rings. The third kappa shape index (κ3) is 3.90. The molecular weight excluding hydrogens is 522 g/mol. The molecule has 0 amide bonds. The maximum absolute atomic E-state index is 5.09. The van der Waals surface area contributed by atoms with Crippen LogP contribution in [-0.4, -0.2) is 14.5 Å². The maximum atomic E-state index is 5.09. The van der Waals surface area contributed by atoms with Crippen molar-refractivity contribution in [1.29, 1.82) is 0 Å². The van der Waals surface area contributed by atoms with Gasteiger partial charge in [0.2, 0.25) is 0 Å². The molecule has 0 fully saturated rings. The van der Waals surface area contributed by atoms with Gasteiger partial charge in [0.15, 0.2) is 0 Å². The number of fused-ring (bicyclic) bond motifs is 6. The molecule has 0 unspecified atom stereocenters. The van der Waals surface area contributed by atoms with Gasteiger partial charge in [0.1, 0.15) is 0 Å². The minimum atomic E-state index is 0.939. The van der Waals surface area contributed by atoms with E-state index in [0.717, 1.165) is 50.0 Å². The van der Waals surface area contributed by atoms with E-state index in [1.54, 1.807) is 0 Å². The number of aromatic nitrogens is 3. The molecule has 0 aliphatic carbocycles. The van der Waals surface area contributed by atoms with E-state index < -0.39 is 0 Å². The molecule has 3 heteroatoms. The largest absolute Gasteiger partial charge is 0.309 e. The number of rotatable bonds is 3. The molecule has 0 saturated carbocycles. The first kappa shape index (κ1) is 23.9. The monoisotopic (exact) mass is 547 g/mol. The Morgan fingerprint density at radius 2 is 0.907 bits per heavy atom. The predicted octanol–water partition coefficient (Wildman–Crippen LogP) is 10.4. The molecule has 9 rings (SSSR count). The lowest BCUT2D eigenvalue weighted by Crippen LogP contribution is -1.97. The molecular formula is C40H25N3. The lowest BCUT2D eigenvalue weighted by atomic mass is 10.0. The average molecular weight is 548 g/mol. The summed E-state index contributed by atoms with van der Waals surface area (Å²) in [5.41, 5.74) is 9.40. The van der Waals surface area contributed by atoms with Crippen molar-refractivity contribution in [3.8, 4) is 28.2 Å². The molecule has 3 heterocycles. The Bertz CT molecular complexity index is 2420. The van der Waals surface area contributed by atoms with Gasteiger partial charge in [-0.3, -0.25) is 0 Å². The minimum Gasteiger partial charge on any atom is -0.309 e. The molecule has 200 valence electrons. The molecule has 0 N–H and O–H groups in total. The highest BCUT2D eigenvalue weighted by atomic mass is 15.0. The van der Waals surface area contributed by atoms with Crippen molar-refractivity contribution in [3.63, 3.8) is 0 Å². The smallest absolute Gasteiger partial charge is 0.0710 e. The van der Waals surface area contributed by atoms with E-state index in [-0.39, 0.29) is 0 Å². The Hall–Kier alpha value is -5.80. The lowest BCUT2D eigenvalue weighted by Gasteiger charge is -2.14. The van der Waals surface area contributed by atoms with Gasteiger partial charge in [0, 0.05) is 38.4 Å². The summed E-state index contributed by atoms with van der Waals surface area (Å²) in [6.45, 7) is 0. The first-order chi connectivity index (χ1) is 21.3. The maximum Gasteiger partial charge on any atom is 0.0710 e. The van der Waals surface area contributed by atoms with Gasteiger partial charge in [0.25, 0.3) is 0 Å². The highest BCUT2D eigenvalue weighted by molar-refractivity contribution is 6.13. The summed E-state index contributed by atoms with van der Waals surface area (Å²) < 4.78 is 2.40. The number of benzene rings is 6. The van der Waals surface area contributed by atoms with Crippen molar-refractivity contribution in [3.05, 3.63) is 152 Å². The fraction of sp³-hybridized carbons (Fsp3) is 0. The number of hydrogen-bond acceptors (Lipinski definition) is 2. The van der Waals surface area contributed by atoms with Gasteiger partial charge >= 0.3 is 0 Å². The topological polar surface area (TPSA) is 30.7 Å². The zero-order valence-corrected chi connectivity index (χ0v) is 23.3. The molecule has 0 atom stereocenters. The Balaban J connectivity index is 1.36. The second-order valence-electron chi connectivity index (χ2n) is 11.1. The fourth-order valence-electron chi connectivity index (χ4n) is 6.42. The molecule has 3 nitrogen and oxygen atoms in total. The second kappa shape index (κ2) is 9.37. The molecule has 43 heavy (non-hydrogen) atoms. The third-order valence-electron chi connectivity index (χ3n) is 8.50. The molecule has 3 aromatic heterocycles. The molecule has 0 aliphatic heterocycles. The van der Waals surface area contributed by atoms with Crippen LogP contribution in [0.15, 0.2) is 152 Å². The lowest BCUT2D eigenvalue weighted by molar-refractivity contribution is 1.18. The van der Waals surface area contributed by atoms with Crippen molar-refractivity contribution >= 4 is 54.4 Å². The van der Waals surface area contributed by atoms with Crippen LogP contribution < -0.4 is 0 Å². The van der Waals surface area contributed by atoms with Gasteiger partial charge in [-0.2, -0.15) is 0 Å². The molecule has 0 spiro atoms. The predicted molar refractivity (Wildman–Crippen MR) is 180 cm³/mol. The molecule has 6 aromatic carbocycles. The molecule has 0 saturated heterocycles. The van der Waals surface area contributed by atoms with Gasteiger partial charge < -0.3 is 4.57 Å². The Kier molecular flexibility index (Phi) is 5.20. The van der Waals surface area contributed by atoms with E-state index in [9.17, 15) is 0 Å². The van der Waals surface area contributed by atoms with Gasteiger partial charge in [-0.25, -0.2) is 9.97 Å². The van der Waals surface area contributed by atoms with Crippen LogP contribution in [0.4, 0.5) is 0 Å². The normalized spacial score (nSPS) is 11.7. The number of pyridine rings is 2. The zero-order valence-electron chi connectivity index (χ0n) is 23.3. The number of nitrogens with zero attached hydrogens (tertiary/aromatic N) is 3. The van der Waals surface area contributed by atoms with Crippen molar-refractivity contribution in [2.75, 3.05) is 0 Å². The first-order valence-corrected chi connectivity index (χ1v) is 14.6. The van der Waals surface area contributed by atoms with Crippen LogP contribution in [0.3, 0.4) is 0 Å². The standard InChI is InChI=1S/C40H25N3/c1-2-12-29-25-40-34(24-28(29)11-1)33-13-5-8-16-39(33)43(40)32-22-30(37-19-17-26-9-3-6-14-35(26)41-37)21-31(23-32)38-20-18-27-10-4-7-15-36(27)42-38/h1-25H. The summed E-state index contributed by atoms with van der Waals surface area (Å²) in [4.78, 5) is 10.2. The summed E-state index contributed by atoms with van der Waals surface area (Å²) in [6, 6.07) is 53.8. The first-order valence-electron chi connectivity index (χ1n) is 14.6. The Morgan fingerprint density at radius 1 is 0.372 bits per heavy atom. The summed E-state index contributed by atoms with van der Waals surface area (Å²) >= 11 is 0. The van der Waals surface area contributed by atoms with Crippen LogP contribution in [0, 0.1) is 0 Å². The van der Waals surface area contributed by atoms with Crippen molar-refractivity contribution in [2.24, 2.45) is 0 Å². The summed E-state index contributed by atoms with van der Waals surface area (Å²) in [7, 11) is 0. The van der Waals surface area contributed by atoms with E-state index >= 15 is 0 Å².